The van der Waals surface area contributed by atoms with Gasteiger partial charge in [0.05, 0.1) is 6.54 Å². The molecule has 0 bridgehead atoms. The molecule has 1 saturated carbocycles. The van der Waals surface area contributed by atoms with Crippen molar-refractivity contribution >= 4 is 5.97 Å². The van der Waals surface area contributed by atoms with Gasteiger partial charge in [0.25, 0.3) is 5.56 Å². The average molecular weight is 381 g/mol. The second-order valence-electron chi connectivity index (χ2n) is 7.65. The number of ether oxygens (including phenoxy) is 1. The summed E-state index contributed by atoms with van der Waals surface area (Å²) in [6, 6.07) is 3.44. The van der Waals surface area contributed by atoms with Crippen LogP contribution in [0.5, 0.6) is 0 Å². The molecule has 2 aliphatic rings. The molecule has 4 N–H and O–H groups in total. The molecular formula is C19H27NO7. The molecule has 0 spiro atoms. The Balaban J connectivity index is 1.92. The summed E-state index contributed by atoms with van der Waals surface area (Å²) in [5.74, 6) is -1.21. The molecule has 3 rings (SSSR count). The van der Waals surface area contributed by atoms with Crippen molar-refractivity contribution in [3.8, 4) is 0 Å². The summed E-state index contributed by atoms with van der Waals surface area (Å²) in [5.41, 5.74) is 1.45. The van der Waals surface area contributed by atoms with Gasteiger partial charge in [0.1, 0.15) is 24.4 Å². The first-order valence-corrected chi connectivity index (χ1v) is 9.43. The highest BCUT2D eigenvalue weighted by molar-refractivity contribution is 5.73. The Morgan fingerprint density at radius 3 is 2.41 bits per heavy atom. The molecule has 1 aromatic rings. The van der Waals surface area contributed by atoms with Gasteiger partial charge in [-0.25, -0.2) is 4.79 Å². The zero-order valence-electron chi connectivity index (χ0n) is 15.3. The normalized spacial score (nSPS) is 32.4. The van der Waals surface area contributed by atoms with Gasteiger partial charge in [-0.1, -0.05) is 19.3 Å². The van der Waals surface area contributed by atoms with Crippen LogP contribution in [0.1, 0.15) is 49.3 Å². The number of aryl methyl sites for hydroxylation is 1. The smallest absolute Gasteiger partial charge is 0.335 e. The number of hydrogen-bond acceptors (Lipinski definition) is 6. The molecule has 27 heavy (non-hydrogen) atoms. The Kier molecular flexibility index (Phi) is 6.00. The lowest BCUT2D eigenvalue weighted by molar-refractivity contribution is -0.230. The van der Waals surface area contributed by atoms with E-state index in [1.54, 1.807) is 0 Å². The Morgan fingerprint density at radius 2 is 1.78 bits per heavy atom. The van der Waals surface area contributed by atoms with Gasteiger partial charge in [0.15, 0.2) is 6.10 Å². The molecule has 150 valence electrons. The van der Waals surface area contributed by atoms with Crippen LogP contribution in [0.3, 0.4) is 0 Å². The van der Waals surface area contributed by atoms with Gasteiger partial charge >= 0.3 is 5.97 Å². The number of aliphatic hydroxyl groups is 3. The lowest BCUT2D eigenvalue weighted by atomic mass is 9.86. The van der Waals surface area contributed by atoms with Gasteiger partial charge in [-0.15, -0.1) is 0 Å². The van der Waals surface area contributed by atoms with E-state index in [4.69, 9.17) is 4.74 Å². The number of nitrogens with zero attached hydrogens (tertiary/aromatic N) is 1. The Hall–Kier alpha value is -1.74. The summed E-state index contributed by atoms with van der Waals surface area (Å²) in [6.45, 7) is 1.77. The lowest BCUT2D eigenvalue weighted by Crippen LogP contribution is -2.61. The third-order valence-corrected chi connectivity index (χ3v) is 5.65. The van der Waals surface area contributed by atoms with Crippen LogP contribution in [0.2, 0.25) is 0 Å². The van der Waals surface area contributed by atoms with Crippen molar-refractivity contribution in [1.82, 2.24) is 4.57 Å². The van der Waals surface area contributed by atoms with Crippen molar-refractivity contribution in [3.05, 3.63) is 33.7 Å². The minimum atomic E-state index is -1.73. The molecule has 1 aliphatic carbocycles. The summed E-state index contributed by atoms with van der Waals surface area (Å²) in [7, 11) is 0. The van der Waals surface area contributed by atoms with Crippen LogP contribution >= 0.6 is 0 Å². The molecule has 5 unspecified atom stereocenters. The van der Waals surface area contributed by atoms with Crippen LogP contribution in [0.25, 0.3) is 0 Å². The van der Waals surface area contributed by atoms with Gasteiger partial charge in [0, 0.05) is 11.8 Å². The number of carboxylic acid groups (broad SMARTS) is 1. The molecule has 8 nitrogen and oxygen atoms in total. The van der Waals surface area contributed by atoms with E-state index in [9.17, 15) is 30.0 Å². The van der Waals surface area contributed by atoms with E-state index in [2.05, 4.69) is 0 Å². The largest absolute Gasteiger partial charge is 0.479 e. The van der Waals surface area contributed by atoms with E-state index in [1.807, 2.05) is 13.0 Å². The van der Waals surface area contributed by atoms with Crippen LogP contribution < -0.4 is 5.56 Å². The first-order valence-electron chi connectivity index (χ1n) is 9.43. The standard InChI is InChI=1S/C19H27NO7/c1-10-7-12(11-5-3-2-4-6-11)20(14(21)8-10)9-13-15(22)16(23)17(24)18(27-13)19(25)26/h7-8,11,13,15-18,22-24H,2-6,9H2,1H3,(H,25,26). The fourth-order valence-corrected chi connectivity index (χ4v) is 4.17. The molecule has 0 aromatic carbocycles. The third kappa shape index (κ3) is 4.08. The number of aliphatic carboxylic acids is 1. The Bertz CT molecular complexity index is 740. The van der Waals surface area contributed by atoms with Crippen LogP contribution in [0, 0.1) is 6.92 Å². The summed E-state index contributed by atoms with van der Waals surface area (Å²) in [5, 5.41) is 39.3. The van der Waals surface area contributed by atoms with Crippen molar-refractivity contribution in [2.24, 2.45) is 0 Å². The van der Waals surface area contributed by atoms with Crippen molar-refractivity contribution in [1.29, 1.82) is 0 Å². The minimum Gasteiger partial charge on any atom is -0.479 e. The van der Waals surface area contributed by atoms with Crippen LogP contribution in [0.15, 0.2) is 16.9 Å². The summed E-state index contributed by atoms with van der Waals surface area (Å²) in [4.78, 5) is 23.9. The van der Waals surface area contributed by atoms with Crippen molar-refractivity contribution in [3.63, 3.8) is 0 Å². The lowest BCUT2D eigenvalue weighted by Gasteiger charge is -2.39. The van der Waals surface area contributed by atoms with Crippen LogP contribution in [-0.2, 0) is 16.1 Å². The molecule has 0 radical (unpaired) electrons. The van der Waals surface area contributed by atoms with Crippen molar-refractivity contribution < 1.29 is 30.0 Å². The first-order chi connectivity index (χ1) is 12.8. The molecule has 8 heteroatoms. The van der Waals surface area contributed by atoms with Crippen molar-refractivity contribution in [2.75, 3.05) is 0 Å². The molecule has 5 atom stereocenters. The molecule has 1 saturated heterocycles. The number of aliphatic hydroxyl groups excluding tert-OH is 3. The highest BCUT2D eigenvalue weighted by atomic mass is 16.6. The second kappa shape index (κ2) is 8.10. The monoisotopic (exact) mass is 381 g/mol. The van der Waals surface area contributed by atoms with E-state index < -0.39 is 36.5 Å². The summed E-state index contributed by atoms with van der Waals surface area (Å²) in [6.07, 6.45) is -2.40. The number of rotatable bonds is 4. The van der Waals surface area contributed by atoms with E-state index in [0.29, 0.717) is 0 Å². The molecule has 1 aromatic heterocycles. The van der Waals surface area contributed by atoms with Crippen molar-refractivity contribution in [2.45, 2.75) is 82.0 Å². The van der Waals surface area contributed by atoms with E-state index in [-0.39, 0.29) is 18.0 Å². The quantitative estimate of drug-likeness (QED) is 0.584. The molecule has 1 aliphatic heterocycles. The minimum absolute atomic E-state index is 0.0837. The number of aromatic nitrogens is 1. The number of carboxylic acids is 1. The summed E-state index contributed by atoms with van der Waals surface area (Å²) >= 11 is 0. The average Bonchev–Trinajstić information content (AvgIpc) is 2.64. The highest BCUT2D eigenvalue weighted by Crippen LogP contribution is 2.33. The zero-order valence-corrected chi connectivity index (χ0v) is 15.3. The predicted molar refractivity (Wildman–Crippen MR) is 95.6 cm³/mol. The number of hydrogen-bond donors (Lipinski definition) is 4. The zero-order chi connectivity index (χ0) is 19.7. The predicted octanol–water partition coefficient (Wildman–Crippen LogP) is 0.139. The SMILES string of the molecule is Cc1cc(C2CCCCC2)n(CC2OC(C(=O)O)C(O)C(O)C2O)c(=O)c1. The maximum absolute atomic E-state index is 12.6. The highest BCUT2D eigenvalue weighted by Gasteiger charge is 2.47. The molecule has 2 fully saturated rings. The van der Waals surface area contributed by atoms with Crippen LogP contribution in [0.4, 0.5) is 0 Å². The topological polar surface area (TPSA) is 129 Å². The number of pyridine rings is 1. The van der Waals surface area contributed by atoms with E-state index >= 15 is 0 Å². The van der Waals surface area contributed by atoms with Gasteiger partial charge < -0.3 is 29.7 Å². The van der Waals surface area contributed by atoms with Gasteiger partial charge in [0.2, 0.25) is 0 Å². The Morgan fingerprint density at radius 1 is 1.11 bits per heavy atom. The second-order valence-corrected chi connectivity index (χ2v) is 7.65. The number of carbonyl (C=O) groups is 1. The maximum Gasteiger partial charge on any atom is 0.335 e. The Labute approximate surface area is 157 Å². The van der Waals surface area contributed by atoms with E-state index in [0.717, 1.165) is 36.9 Å². The molecular weight excluding hydrogens is 354 g/mol. The fourth-order valence-electron chi connectivity index (χ4n) is 4.17. The van der Waals surface area contributed by atoms with Crippen LogP contribution in [-0.4, -0.2) is 61.5 Å². The third-order valence-electron chi connectivity index (χ3n) is 5.65. The molecule has 2 heterocycles. The van der Waals surface area contributed by atoms with Gasteiger partial charge in [-0.3, -0.25) is 4.79 Å². The first kappa shape index (κ1) is 20.0. The van der Waals surface area contributed by atoms with E-state index in [1.165, 1.54) is 17.1 Å². The molecule has 0 amide bonds. The summed E-state index contributed by atoms with van der Waals surface area (Å²) < 4.78 is 6.87. The maximum atomic E-state index is 12.6. The van der Waals surface area contributed by atoms with Gasteiger partial charge in [-0.2, -0.15) is 0 Å². The fraction of sp³-hybridized carbons (Fsp3) is 0.684. The van der Waals surface area contributed by atoms with Gasteiger partial charge in [-0.05, 0) is 37.3 Å².